The monoisotopic (exact) mass is 675 g/mol. The number of ketones is 1. The number of carbonyl (C=O) groups is 2. The van der Waals surface area contributed by atoms with Crippen molar-refractivity contribution in [2.75, 3.05) is 12.4 Å². The van der Waals surface area contributed by atoms with Gasteiger partial charge in [-0.05, 0) is 48.0 Å². The second kappa shape index (κ2) is 14.5. The molecular weight excluding hydrogens is 641 g/mol. The van der Waals surface area contributed by atoms with E-state index in [2.05, 4.69) is 10.2 Å². The molecule has 0 unspecified atom stereocenters. The van der Waals surface area contributed by atoms with Gasteiger partial charge in [0.25, 0.3) is 0 Å². The molecule has 4 aromatic carbocycles. The molecule has 0 spiro atoms. The molecule has 2 aromatic heterocycles. The van der Waals surface area contributed by atoms with Gasteiger partial charge in [-0.3, -0.25) is 19.3 Å². The third kappa shape index (κ3) is 7.28. The molecule has 1 amide bonds. The average molecular weight is 676 g/mol. The van der Waals surface area contributed by atoms with Gasteiger partial charge in [0.1, 0.15) is 16.5 Å². The van der Waals surface area contributed by atoms with Gasteiger partial charge in [0.2, 0.25) is 11.3 Å². The number of benzene rings is 4. The fraction of sp³-hybridized carbons (Fsp3) is 0.175. The van der Waals surface area contributed by atoms with Gasteiger partial charge in [-0.15, -0.1) is 11.3 Å². The Morgan fingerprint density at radius 3 is 2.08 bits per heavy atom. The van der Waals surface area contributed by atoms with Crippen LogP contribution in [0.3, 0.4) is 0 Å². The highest BCUT2D eigenvalue weighted by molar-refractivity contribution is 7.22. The van der Waals surface area contributed by atoms with Gasteiger partial charge in [0.05, 0.1) is 17.5 Å². The number of fused-ring (bicyclic) bond motifs is 1. The zero-order chi connectivity index (χ0) is 34.7. The summed E-state index contributed by atoms with van der Waals surface area (Å²) in [6.45, 7) is 4.35. The summed E-state index contributed by atoms with van der Waals surface area (Å²) in [6.07, 6.45) is 1.42. The number of anilines is 1. The first-order valence-electron chi connectivity index (χ1n) is 16.0. The molecule has 9 heteroatoms. The van der Waals surface area contributed by atoms with Crippen molar-refractivity contribution in [3.8, 4) is 10.4 Å². The van der Waals surface area contributed by atoms with E-state index < -0.39 is 22.8 Å². The van der Waals surface area contributed by atoms with Crippen molar-refractivity contribution in [2.45, 2.75) is 33.5 Å². The Hall–Kier alpha value is -5.25. The van der Waals surface area contributed by atoms with Crippen LogP contribution in [-0.2, 0) is 24.4 Å². The van der Waals surface area contributed by atoms with E-state index in [0.29, 0.717) is 40.1 Å². The van der Waals surface area contributed by atoms with Crippen LogP contribution in [0.5, 0.6) is 0 Å². The predicted molar refractivity (Wildman–Crippen MR) is 192 cm³/mol. The molecule has 6 aromatic rings. The Kier molecular flexibility index (Phi) is 9.94. The maximum atomic E-state index is 15.0. The van der Waals surface area contributed by atoms with Gasteiger partial charge in [-0.2, -0.15) is 0 Å². The fourth-order valence-electron chi connectivity index (χ4n) is 5.77. The molecule has 0 radical (unpaired) electrons. The molecule has 0 fully saturated rings. The molecule has 248 valence electrons. The smallest absolute Gasteiger partial charge is 0.226 e. The third-order valence-corrected chi connectivity index (χ3v) is 9.66. The summed E-state index contributed by atoms with van der Waals surface area (Å²) in [5.41, 5.74) is 2.85. The van der Waals surface area contributed by atoms with Gasteiger partial charge >= 0.3 is 0 Å². The quantitative estimate of drug-likeness (QED) is 0.140. The summed E-state index contributed by atoms with van der Waals surface area (Å²) in [4.78, 5) is 44.1. The summed E-state index contributed by atoms with van der Waals surface area (Å²) >= 11 is 1.33. The minimum Gasteiger partial charge on any atom is -0.334 e. The number of carbonyl (C=O) groups excluding carboxylic acids is 2. The number of rotatable bonds is 11. The number of hydrogen-bond acceptors (Lipinski definition) is 5. The van der Waals surface area contributed by atoms with Crippen LogP contribution in [0.25, 0.3) is 20.7 Å². The van der Waals surface area contributed by atoms with E-state index in [0.717, 1.165) is 16.0 Å². The number of aromatic nitrogens is 1. The van der Waals surface area contributed by atoms with Crippen molar-refractivity contribution in [1.82, 2.24) is 9.47 Å². The topological polar surface area (TPSA) is 71.4 Å². The lowest BCUT2D eigenvalue weighted by molar-refractivity contribution is -0.118. The normalized spacial score (nSPS) is 11.4. The van der Waals surface area contributed by atoms with Crippen molar-refractivity contribution < 1.29 is 18.4 Å². The molecule has 0 atom stereocenters. The standard InChI is InChI=1S/C40H35F2N3O3S/c1-25(2)39(48)43-29-19-17-28(18-20-29)38-31(22-44(3)21-26-11-6-4-7-12-26)35-37(47)32(36(46)27-13-8-5-9-14-27)24-45(40(35)49-38)23-30-33(41)15-10-16-34(30)42/h4-20,24-25H,21-23H2,1-3H3,(H,43,48). The minimum absolute atomic E-state index is 0.0847. The van der Waals surface area contributed by atoms with Crippen molar-refractivity contribution in [2.24, 2.45) is 5.92 Å². The van der Waals surface area contributed by atoms with Crippen LogP contribution >= 0.6 is 11.3 Å². The van der Waals surface area contributed by atoms with E-state index in [1.165, 1.54) is 35.7 Å². The molecule has 0 aliphatic heterocycles. The first-order valence-corrected chi connectivity index (χ1v) is 16.8. The molecule has 6 nitrogen and oxygen atoms in total. The molecule has 49 heavy (non-hydrogen) atoms. The van der Waals surface area contributed by atoms with Crippen molar-refractivity contribution >= 4 is 38.9 Å². The Morgan fingerprint density at radius 2 is 1.45 bits per heavy atom. The Morgan fingerprint density at radius 1 is 0.816 bits per heavy atom. The zero-order valence-corrected chi connectivity index (χ0v) is 28.2. The molecule has 2 heterocycles. The van der Waals surface area contributed by atoms with Crippen LogP contribution in [0.15, 0.2) is 114 Å². The number of hydrogen-bond donors (Lipinski definition) is 1. The molecule has 0 aliphatic rings. The summed E-state index contributed by atoms with van der Waals surface area (Å²) in [7, 11) is 1.96. The van der Waals surface area contributed by atoms with E-state index >= 15 is 8.78 Å². The average Bonchev–Trinajstić information content (AvgIpc) is 3.47. The van der Waals surface area contributed by atoms with Crippen LogP contribution in [-0.4, -0.2) is 28.2 Å². The first-order chi connectivity index (χ1) is 23.6. The first kappa shape index (κ1) is 33.6. The predicted octanol–water partition coefficient (Wildman–Crippen LogP) is 8.51. The lowest BCUT2D eigenvalue weighted by Gasteiger charge is -2.18. The van der Waals surface area contributed by atoms with E-state index in [1.54, 1.807) is 34.9 Å². The zero-order valence-electron chi connectivity index (χ0n) is 27.4. The van der Waals surface area contributed by atoms with Gasteiger partial charge in [-0.25, -0.2) is 8.78 Å². The van der Waals surface area contributed by atoms with Gasteiger partial charge in [-0.1, -0.05) is 92.7 Å². The van der Waals surface area contributed by atoms with Gasteiger partial charge < -0.3 is 9.88 Å². The van der Waals surface area contributed by atoms with Crippen LogP contribution in [0.2, 0.25) is 0 Å². The second-order valence-corrected chi connectivity index (χ2v) is 13.4. The number of pyridine rings is 1. The highest BCUT2D eigenvalue weighted by Gasteiger charge is 2.26. The fourth-order valence-corrected chi connectivity index (χ4v) is 7.06. The number of halogens is 2. The van der Waals surface area contributed by atoms with Crippen molar-refractivity contribution in [3.05, 3.63) is 159 Å². The summed E-state index contributed by atoms with van der Waals surface area (Å²) in [5, 5.41) is 3.24. The largest absolute Gasteiger partial charge is 0.334 e. The van der Waals surface area contributed by atoms with Gasteiger partial charge in [0.15, 0.2) is 5.78 Å². The Balaban J connectivity index is 1.56. The summed E-state index contributed by atoms with van der Waals surface area (Å²) < 4.78 is 31.7. The molecule has 0 saturated carbocycles. The van der Waals surface area contributed by atoms with E-state index in [-0.39, 0.29) is 29.5 Å². The van der Waals surface area contributed by atoms with Crippen molar-refractivity contribution in [1.29, 1.82) is 0 Å². The number of thiophene rings is 1. The van der Waals surface area contributed by atoms with Gasteiger partial charge in [0, 0.05) is 46.9 Å². The maximum Gasteiger partial charge on any atom is 0.226 e. The lowest BCUT2D eigenvalue weighted by atomic mass is 10.00. The number of nitrogens with zero attached hydrogens (tertiary/aromatic N) is 2. The number of nitrogens with one attached hydrogen (secondary N) is 1. The van der Waals surface area contributed by atoms with Crippen LogP contribution in [0, 0.1) is 17.6 Å². The second-order valence-electron chi connectivity index (χ2n) is 12.4. The summed E-state index contributed by atoms with van der Waals surface area (Å²) in [5.74, 6) is -2.21. The lowest BCUT2D eigenvalue weighted by Crippen LogP contribution is -2.22. The number of amides is 1. The van der Waals surface area contributed by atoms with E-state index in [4.69, 9.17) is 0 Å². The highest BCUT2D eigenvalue weighted by Crippen LogP contribution is 2.39. The van der Waals surface area contributed by atoms with Crippen LogP contribution in [0.1, 0.15) is 46.5 Å². The van der Waals surface area contributed by atoms with Crippen molar-refractivity contribution in [3.63, 3.8) is 0 Å². The Labute approximate surface area is 287 Å². The molecule has 0 saturated heterocycles. The van der Waals surface area contributed by atoms with Crippen LogP contribution < -0.4 is 10.7 Å². The van der Waals surface area contributed by atoms with E-state index in [9.17, 15) is 14.4 Å². The molecule has 1 N–H and O–H groups in total. The molecule has 6 rings (SSSR count). The SMILES string of the molecule is CC(C)C(=O)Nc1ccc(-c2sc3c(c2CN(C)Cc2ccccc2)c(=O)c(C(=O)c2ccccc2)cn3Cc2c(F)cccc2F)cc1. The van der Waals surface area contributed by atoms with E-state index in [1.807, 2.05) is 75.5 Å². The maximum absolute atomic E-state index is 15.0. The molecule has 0 bridgehead atoms. The third-order valence-electron chi connectivity index (χ3n) is 8.34. The molecular formula is C40H35F2N3O3S. The highest BCUT2D eigenvalue weighted by atomic mass is 32.1. The summed E-state index contributed by atoms with van der Waals surface area (Å²) in [6, 6.07) is 29.5. The minimum atomic E-state index is -0.721. The van der Waals surface area contributed by atoms with Crippen LogP contribution in [0.4, 0.5) is 14.5 Å². The molecule has 0 aliphatic carbocycles. The Bertz CT molecular complexity index is 2170.